The van der Waals surface area contributed by atoms with E-state index in [2.05, 4.69) is 10.3 Å². The summed E-state index contributed by atoms with van der Waals surface area (Å²) in [6.45, 7) is 7.04. The fourth-order valence-electron chi connectivity index (χ4n) is 3.70. The van der Waals surface area contributed by atoms with Crippen molar-refractivity contribution in [2.75, 3.05) is 13.1 Å². The number of fused-ring (bicyclic) bond motifs is 1. The molecule has 0 aromatic carbocycles. The van der Waals surface area contributed by atoms with Gasteiger partial charge in [-0.3, -0.25) is 4.79 Å². The fourth-order valence-corrected chi connectivity index (χ4v) is 3.70. The number of likely N-dealkylation sites (tertiary alicyclic amines) is 1. The second-order valence-corrected chi connectivity index (χ2v) is 7.55. The van der Waals surface area contributed by atoms with Gasteiger partial charge >= 0.3 is 6.09 Å². The molecule has 0 spiro atoms. The van der Waals surface area contributed by atoms with E-state index in [4.69, 9.17) is 4.74 Å². The van der Waals surface area contributed by atoms with Crippen molar-refractivity contribution in [3.05, 3.63) is 24.0 Å². The lowest BCUT2D eigenvalue weighted by molar-refractivity contribution is 0.0491. The second kappa shape index (κ2) is 5.91. The Labute approximate surface area is 136 Å². The van der Waals surface area contributed by atoms with Crippen molar-refractivity contribution in [2.45, 2.75) is 45.3 Å². The van der Waals surface area contributed by atoms with Crippen molar-refractivity contribution in [2.24, 2.45) is 11.8 Å². The molecule has 2 amide bonds. The van der Waals surface area contributed by atoms with Crippen LogP contribution in [-0.4, -0.2) is 46.6 Å². The standard InChI is InChI=1S/C17H25N3O3/c1-17(2,3)23-16(22)19-13-7-6-11-9-20(10-12(11)13)15(21)14-5-4-8-18-14/h4-5,8,11-13,18H,6-7,9-10H2,1-3H3,(H,19,22). The first-order valence-corrected chi connectivity index (χ1v) is 8.25. The molecule has 2 fully saturated rings. The summed E-state index contributed by atoms with van der Waals surface area (Å²) in [5.41, 5.74) is 0.134. The highest BCUT2D eigenvalue weighted by atomic mass is 16.6. The molecule has 2 N–H and O–H groups in total. The van der Waals surface area contributed by atoms with Crippen LogP contribution in [0.25, 0.3) is 0 Å². The van der Waals surface area contributed by atoms with Crippen LogP contribution in [0.2, 0.25) is 0 Å². The Morgan fingerprint density at radius 2 is 2.09 bits per heavy atom. The van der Waals surface area contributed by atoms with Crippen LogP contribution in [0, 0.1) is 11.8 Å². The second-order valence-electron chi connectivity index (χ2n) is 7.55. The average Bonchev–Trinajstić information content (AvgIpc) is 3.13. The van der Waals surface area contributed by atoms with Crippen LogP contribution >= 0.6 is 0 Å². The molecule has 2 heterocycles. The smallest absolute Gasteiger partial charge is 0.407 e. The van der Waals surface area contributed by atoms with E-state index < -0.39 is 5.60 Å². The quantitative estimate of drug-likeness (QED) is 0.879. The van der Waals surface area contributed by atoms with Crippen LogP contribution in [0.1, 0.15) is 44.1 Å². The normalized spacial score (nSPS) is 26.9. The number of carbonyl (C=O) groups excluding carboxylic acids is 2. The van der Waals surface area contributed by atoms with Gasteiger partial charge in [0.15, 0.2) is 0 Å². The number of rotatable bonds is 2. The summed E-state index contributed by atoms with van der Waals surface area (Å²) in [7, 11) is 0. The van der Waals surface area contributed by atoms with Crippen LogP contribution in [0.15, 0.2) is 18.3 Å². The zero-order valence-electron chi connectivity index (χ0n) is 14.0. The number of amides is 2. The van der Waals surface area contributed by atoms with Crippen molar-refractivity contribution >= 4 is 12.0 Å². The lowest BCUT2D eigenvalue weighted by atomic mass is 9.98. The van der Waals surface area contributed by atoms with Gasteiger partial charge in [0.05, 0.1) is 0 Å². The summed E-state index contributed by atoms with van der Waals surface area (Å²) in [6.07, 6.45) is 3.40. The molecule has 1 saturated heterocycles. The number of ether oxygens (including phenoxy) is 1. The number of hydrogen-bond acceptors (Lipinski definition) is 3. The highest BCUT2D eigenvalue weighted by Gasteiger charge is 2.45. The third-order valence-corrected chi connectivity index (χ3v) is 4.67. The van der Waals surface area contributed by atoms with E-state index in [1.807, 2.05) is 31.7 Å². The number of carbonyl (C=O) groups is 2. The predicted molar refractivity (Wildman–Crippen MR) is 86.1 cm³/mol. The Kier molecular flexibility index (Phi) is 4.08. The predicted octanol–water partition coefficient (Wildman–Crippen LogP) is 2.39. The Balaban J connectivity index is 1.59. The van der Waals surface area contributed by atoms with Crippen molar-refractivity contribution in [1.82, 2.24) is 15.2 Å². The van der Waals surface area contributed by atoms with Crippen molar-refractivity contribution < 1.29 is 14.3 Å². The largest absolute Gasteiger partial charge is 0.444 e. The van der Waals surface area contributed by atoms with Gasteiger partial charge in [-0.15, -0.1) is 0 Å². The van der Waals surface area contributed by atoms with Crippen molar-refractivity contribution in [3.63, 3.8) is 0 Å². The molecule has 0 bridgehead atoms. The first kappa shape index (κ1) is 15.9. The molecule has 1 aromatic rings. The minimum Gasteiger partial charge on any atom is -0.444 e. The minimum absolute atomic E-state index is 0.0421. The topological polar surface area (TPSA) is 74.4 Å². The third kappa shape index (κ3) is 3.51. The van der Waals surface area contributed by atoms with E-state index in [1.165, 1.54) is 0 Å². The van der Waals surface area contributed by atoms with Gasteiger partial charge < -0.3 is 19.9 Å². The molecule has 3 atom stereocenters. The zero-order chi connectivity index (χ0) is 16.6. The SMILES string of the molecule is CC(C)(C)OC(=O)NC1CCC2CN(C(=O)c3ccc[nH]3)CC21. The number of alkyl carbamates (subject to hydrolysis) is 1. The van der Waals surface area contributed by atoms with Crippen LogP contribution in [0.5, 0.6) is 0 Å². The summed E-state index contributed by atoms with van der Waals surface area (Å²) in [5, 5.41) is 2.99. The van der Waals surface area contributed by atoms with E-state index in [1.54, 1.807) is 12.3 Å². The monoisotopic (exact) mass is 319 g/mol. The Bertz CT molecular complexity index is 576. The van der Waals surface area contributed by atoms with Gasteiger partial charge in [-0.2, -0.15) is 0 Å². The lowest BCUT2D eigenvalue weighted by Crippen LogP contribution is -2.42. The van der Waals surface area contributed by atoms with E-state index in [9.17, 15) is 9.59 Å². The number of nitrogens with zero attached hydrogens (tertiary/aromatic N) is 1. The van der Waals surface area contributed by atoms with Gasteiger partial charge in [0.25, 0.3) is 5.91 Å². The first-order chi connectivity index (χ1) is 10.8. The molecule has 3 rings (SSSR count). The molecule has 6 heteroatoms. The third-order valence-electron chi connectivity index (χ3n) is 4.67. The van der Waals surface area contributed by atoms with Crippen LogP contribution < -0.4 is 5.32 Å². The summed E-state index contributed by atoms with van der Waals surface area (Å²) in [5.74, 6) is 0.829. The van der Waals surface area contributed by atoms with Gasteiger partial charge in [-0.05, 0) is 51.7 Å². The van der Waals surface area contributed by atoms with Crippen LogP contribution in [0.4, 0.5) is 4.79 Å². The van der Waals surface area contributed by atoms with E-state index in [0.717, 1.165) is 19.4 Å². The molecule has 3 unspecified atom stereocenters. The van der Waals surface area contributed by atoms with Crippen LogP contribution in [-0.2, 0) is 4.74 Å². The fraction of sp³-hybridized carbons (Fsp3) is 0.647. The highest BCUT2D eigenvalue weighted by Crippen LogP contribution is 2.38. The number of aromatic nitrogens is 1. The van der Waals surface area contributed by atoms with E-state index in [-0.39, 0.29) is 18.0 Å². The maximum Gasteiger partial charge on any atom is 0.407 e. The molecular weight excluding hydrogens is 294 g/mol. The summed E-state index contributed by atoms with van der Waals surface area (Å²) in [4.78, 5) is 29.3. The molecule has 126 valence electrons. The molecule has 23 heavy (non-hydrogen) atoms. The van der Waals surface area contributed by atoms with Gasteiger partial charge in [0, 0.05) is 31.2 Å². The number of H-pyrrole nitrogens is 1. The van der Waals surface area contributed by atoms with Gasteiger partial charge in [-0.1, -0.05) is 0 Å². The van der Waals surface area contributed by atoms with E-state index in [0.29, 0.717) is 24.1 Å². The molecule has 6 nitrogen and oxygen atoms in total. The molecule has 1 saturated carbocycles. The molecule has 1 aromatic heterocycles. The zero-order valence-corrected chi connectivity index (χ0v) is 14.0. The molecule has 1 aliphatic heterocycles. The van der Waals surface area contributed by atoms with Crippen LogP contribution in [0.3, 0.4) is 0 Å². The number of aromatic amines is 1. The van der Waals surface area contributed by atoms with E-state index >= 15 is 0 Å². The maximum absolute atomic E-state index is 12.4. The number of nitrogens with one attached hydrogen (secondary N) is 2. The first-order valence-electron chi connectivity index (χ1n) is 8.25. The number of hydrogen-bond donors (Lipinski definition) is 2. The van der Waals surface area contributed by atoms with Crippen molar-refractivity contribution in [1.29, 1.82) is 0 Å². The maximum atomic E-state index is 12.4. The summed E-state index contributed by atoms with van der Waals surface area (Å²) < 4.78 is 5.35. The molecule has 1 aliphatic carbocycles. The molecule has 2 aliphatic rings. The molecular formula is C17H25N3O3. The highest BCUT2D eigenvalue weighted by molar-refractivity contribution is 5.92. The summed E-state index contributed by atoms with van der Waals surface area (Å²) >= 11 is 0. The Hall–Kier alpha value is -1.98. The van der Waals surface area contributed by atoms with Gasteiger partial charge in [-0.25, -0.2) is 4.79 Å². The molecule has 0 radical (unpaired) electrons. The van der Waals surface area contributed by atoms with Gasteiger partial charge in [0.1, 0.15) is 11.3 Å². The Morgan fingerprint density at radius 3 is 2.74 bits per heavy atom. The average molecular weight is 319 g/mol. The lowest BCUT2D eigenvalue weighted by Gasteiger charge is -2.24. The minimum atomic E-state index is -0.493. The van der Waals surface area contributed by atoms with Gasteiger partial charge in [0.2, 0.25) is 0 Å². The summed E-state index contributed by atoms with van der Waals surface area (Å²) in [6, 6.07) is 3.72. The van der Waals surface area contributed by atoms with Crippen molar-refractivity contribution in [3.8, 4) is 0 Å². The Morgan fingerprint density at radius 1 is 1.30 bits per heavy atom.